The van der Waals surface area contributed by atoms with Crippen LogP contribution >= 0.6 is 11.6 Å². The summed E-state index contributed by atoms with van der Waals surface area (Å²) in [6.45, 7) is 0.669. The van der Waals surface area contributed by atoms with Gasteiger partial charge < -0.3 is 14.2 Å². The zero-order chi connectivity index (χ0) is 19.5. The number of para-hydroxylation sites is 1. The summed E-state index contributed by atoms with van der Waals surface area (Å²) in [6, 6.07) is 14.7. The first-order chi connectivity index (χ1) is 13.7. The quantitative estimate of drug-likeness (QED) is 0.641. The van der Waals surface area contributed by atoms with Crippen molar-refractivity contribution in [2.75, 3.05) is 13.7 Å². The Labute approximate surface area is 168 Å². The molecule has 0 unspecified atom stereocenters. The highest BCUT2D eigenvalue weighted by molar-refractivity contribution is 6.33. The summed E-state index contributed by atoms with van der Waals surface area (Å²) in [6.07, 6.45) is 1.96. The number of aromatic nitrogens is 2. The van der Waals surface area contributed by atoms with Crippen molar-refractivity contribution in [1.29, 1.82) is 0 Å². The van der Waals surface area contributed by atoms with Crippen molar-refractivity contribution < 1.29 is 14.1 Å². The Morgan fingerprint density at radius 3 is 2.86 bits per heavy atom. The van der Waals surface area contributed by atoms with Crippen LogP contribution in [0.4, 0.5) is 0 Å². The predicted octanol–water partition coefficient (Wildman–Crippen LogP) is 4.30. The SMILES string of the molecule is COc1ccccc1CC(=O)N1CCC[C@@H]1c1nc(-c2ccccc2Cl)no1. The van der Waals surface area contributed by atoms with Gasteiger partial charge in [0.15, 0.2) is 0 Å². The number of hydrogen-bond acceptors (Lipinski definition) is 5. The fourth-order valence-corrected chi connectivity index (χ4v) is 3.78. The molecule has 6 nitrogen and oxygen atoms in total. The zero-order valence-corrected chi connectivity index (χ0v) is 16.2. The number of rotatable bonds is 5. The molecule has 0 radical (unpaired) electrons. The lowest BCUT2D eigenvalue weighted by molar-refractivity contribution is -0.131. The molecule has 2 aromatic carbocycles. The number of likely N-dealkylation sites (tertiary alicyclic amines) is 1. The Kier molecular flexibility index (Phi) is 5.30. The highest BCUT2D eigenvalue weighted by atomic mass is 35.5. The molecule has 2 heterocycles. The van der Waals surface area contributed by atoms with E-state index in [9.17, 15) is 4.79 Å². The van der Waals surface area contributed by atoms with E-state index in [2.05, 4.69) is 10.1 Å². The summed E-state index contributed by atoms with van der Waals surface area (Å²) in [5, 5.41) is 4.63. The first kappa shape index (κ1) is 18.5. The van der Waals surface area contributed by atoms with Gasteiger partial charge in [-0.1, -0.05) is 47.1 Å². The lowest BCUT2D eigenvalue weighted by Crippen LogP contribution is -2.32. The second-order valence-electron chi connectivity index (χ2n) is 6.67. The van der Waals surface area contributed by atoms with Crippen LogP contribution in [0.3, 0.4) is 0 Å². The van der Waals surface area contributed by atoms with Gasteiger partial charge in [-0.3, -0.25) is 4.79 Å². The van der Waals surface area contributed by atoms with E-state index in [0.29, 0.717) is 34.6 Å². The number of halogens is 1. The number of nitrogens with zero attached hydrogens (tertiary/aromatic N) is 3. The van der Waals surface area contributed by atoms with Crippen LogP contribution in [0.5, 0.6) is 5.75 Å². The molecule has 1 amide bonds. The maximum atomic E-state index is 13.0. The molecule has 0 spiro atoms. The van der Waals surface area contributed by atoms with Crippen LogP contribution in [0.2, 0.25) is 5.02 Å². The van der Waals surface area contributed by atoms with Gasteiger partial charge in [0.25, 0.3) is 0 Å². The van der Waals surface area contributed by atoms with Crippen molar-refractivity contribution in [2.24, 2.45) is 0 Å². The third kappa shape index (κ3) is 3.60. The Morgan fingerprint density at radius 2 is 2.04 bits per heavy atom. The van der Waals surface area contributed by atoms with Gasteiger partial charge in [-0.2, -0.15) is 4.98 Å². The summed E-state index contributed by atoms with van der Waals surface area (Å²) in [7, 11) is 1.61. The lowest BCUT2D eigenvalue weighted by atomic mass is 10.1. The molecule has 3 aromatic rings. The lowest BCUT2D eigenvalue weighted by Gasteiger charge is -2.22. The normalized spacial score (nSPS) is 16.4. The molecule has 4 rings (SSSR count). The van der Waals surface area contributed by atoms with Crippen LogP contribution in [-0.4, -0.2) is 34.6 Å². The second-order valence-corrected chi connectivity index (χ2v) is 7.08. The fourth-order valence-electron chi connectivity index (χ4n) is 3.56. The molecule has 1 aliphatic rings. The largest absolute Gasteiger partial charge is 0.496 e. The molecule has 1 atom stereocenters. The first-order valence-electron chi connectivity index (χ1n) is 9.17. The molecule has 0 saturated carbocycles. The van der Waals surface area contributed by atoms with E-state index in [1.54, 1.807) is 13.2 Å². The highest BCUT2D eigenvalue weighted by Gasteiger charge is 2.34. The maximum Gasteiger partial charge on any atom is 0.249 e. The molecular weight excluding hydrogens is 378 g/mol. The Balaban J connectivity index is 1.54. The summed E-state index contributed by atoms with van der Waals surface area (Å²) in [4.78, 5) is 19.3. The number of hydrogen-bond donors (Lipinski definition) is 0. The summed E-state index contributed by atoms with van der Waals surface area (Å²) in [5.41, 5.74) is 1.58. The van der Waals surface area contributed by atoms with Gasteiger partial charge in [-0.05, 0) is 31.0 Å². The monoisotopic (exact) mass is 397 g/mol. The van der Waals surface area contributed by atoms with Crippen molar-refractivity contribution >= 4 is 17.5 Å². The average Bonchev–Trinajstić information content (AvgIpc) is 3.38. The second kappa shape index (κ2) is 8.02. The maximum absolute atomic E-state index is 13.0. The van der Waals surface area contributed by atoms with Gasteiger partial charge in [0.05, 0.1) is 18.6 Å². The van der Waals surface area contributed by atoms with E-state index in [1.165, 1.54) is 0 Å². The Hall–Kier alpha value is -2.86. The number of carbonyl (C=O) groups excluding carboxylic acids is 1. The van der Waals surface area contributed by atoms with Crippen LogP contribution < -0.4 is 4.74 Å². The number of amides is 1. The molecule has 7 heteroatoms. The molecule has 144 valence electrons. The van der Waals surface area contributed by atoms with Gasteiger partial charge in [-0.25, -0.2) is 0 Å². The van der Waals surface area contributed by atoms with E-state index in [4.69, 9.17) is 20.9 Å². The predicted molar refractivity (Wildman–Crippen MR) is 105 cm³/mol. The molecule has 0 aliphatic carbocycles. The van der Waals surface area contributed by atoms with E-state index >= 15 is 0 Å². The third-order valence-corrected chi connectivity index (χ3v) is 5.28. The molecular formula is C21H20ClN3O3. The summed E-state index contributed by atoms with van der Waals surface area (Å²) >= 11 is 6.23. The number of ether oxygens (including phenoxy) is 1. The molecule has 1 aromatic heterocycles. The summed E-state index contributed by atoms with van der Waals surface area (Å²) in [5.74, 6) is 1.61. The van der Waals surface area contributed by atoms with E-state index in [1.807, 2.05) is 47.4 Å². The van der Waals surface area contributed by atoms with E-state index in [-0.39, 0.29) is 18.4 Å². The van der Waals surface area contributed by atoms with Crippen molar-refractivity contribution in [1.82, 2.24) is 15.0 Å². The Morgan fingerprint density at radius 1 is 1.25 bits per heavy atom. The van der Waals surface area contributed by atoms with E-state index < -0.39 is 0 Å². The van der Waals surface area contributed by atoms with Crippen LogP contribution in [0.15, 0.2) is 53.1 Å². The zero-order valence-electron chi connectivity index (χ0n) is 15.5. The van der Waals surface area contributed by atoms with Crippen molar-refractivity contribution in [3.8, 4) is 17.1 Å². The molecule has 0 N–H and O–H groups in total. The topological polar surface area (TPSA) is 68.5 Å². The van der Waals surface area contributed by atoms with Crippen molar-refractivity contribution in [3.63, 3.8) is 0 Å². The minimum Gasteiger partial charge on any atom is -0.496 e. The molecule has 1 aliphatic heterocycles. The van der Waals surface area contributed by atoms with Crippen LogP contribution in [0.1, 0.15) is 30.3 Å². The smallest absolute Gasteiger partial charge is 0.249 e. The highest BCUT2D eigenvalue weighted by Crippen LogP contribution is 2.34. The number of methoxy groups -OCH3 is 1. The van der Waals surface area contributed by atoms with Gasteiger partial charge in [-0.15, -0.1) is 0 Å². The number of benzene rings is 2. The van der Waals surface area contributed by atoms with Gasteiger partial charge in [0.1, 0.15) is 11.8 Å². The molecule has 0 bridgehead atoms. The standard InChI is InChI=1S/C21H20ClN3O3/c1-27-18-11-5-2-7-14(18)13-19(26)25-12-6-10-17(25)21-23-20(24-28-21)15-8-3-4-9-16(15)22/h2-5,7-9,11,17H,6,10,12-13H2,1H3/t17-/m1/s1. The third-order valence-electron chi connectivity index (χ3n) is 4.95. The molecule has 1 fully saturated rings. The minimum atomic E-state index is -0.217. The van der Waals surface area contributed by atoms with Gasteiger partial charge in [0.2, 0.25) is 17.6 Å². The average molecular weight is 398 g/mol. The van der Waals surface area contributed by atoms with Crippen LogP contribution in [0.25, 0.3) is 11.4 Å². The fraction of sp³-hybridized carbons (Fsp3) is 0.286. The summed E-state index contributed by atoms with van der Waals surface area (Å²) < 4.78 is 10.9. The Bertz CT molecular complexity index is 988. The number of carbonyl (C=O) groups is 1. The van der Waals surface area contributed by atoms with Gasteiger partial charge >= 0.3 is 0 Å². The van der Waals surface area contributed by atoms with Crippen molar-refractivity contribution in [2.45, 2.75) is 25.3 Å². The van der Waals surface area contributed by atoms with Crippen molar-refractivity contribution in [3.05, 3.63) is 65.0 Å². The van der Waals surface area contributed by atoms with Gasteiger partial charge in [0, 0.05) is 17.7 Å². The minimum absolute atomic E-state index is 0.0180. The van der Waals surface area contributed by atoms with E-state index in [0.717, 1.165) is 18.4 Å². The molecule has 28 heavy (non-hydrogen) atoms. The van der Waals surface area contributed by atoms with Crippen LogP contribution in [-0.2, 0) is 11.2 Å². The first-order valence-corrected chi connectivity index (χ1v) is 9.55. The van der Waals surface area contributed by atoms with Crippen LogP contribution in [0, 0.1) is 0 Å². The molecule has 1 saturated heterocycles.